The molecule has 1 fully saturated rings. The summed E-state index contributed by atoms with van der Waals surface area (Å²) in [5.41, 5.74) is 3.70. The van der Waals surface area contributed by atoms with Crippen LogP contribution >= 0.6 is 0 Å². The summed E-state index contributed by atoms with van der Waals surface area (Å²) in [7, 11) is 3.44. The first-order valence-electron chi connectivity index (χ1n) is 13.4. The third-order valence-electron chi connectivity index (χ3n) is 7.67. The van der Waals surface area contributed by atoms with E-state index in [-0.39, 0.29) is 17.9 Å². The van der Waals surface area contributed by atoms with Crippen LogP contribution in [0.25, 0.3) is 10.9 Å². The van der Waals surface area contributed by atoms with Crippen LogP contribution in [0, 0.1) is 0 Å². The average Bonchev–Trinajstić information content (AvgIpc) is 3.42. The van der Waals surface area contributed by atoms with Gasteiger partial charge in [-0.05, 0) is 62.2 Å². The fourth-order valence-electron chi connectivity index (χ4n) is 5.66. The van der Waals surface area contributed by atoms with Gasteiger partial charge in [0.15, 0.2) is 5.82 Å². The van der Waals surface area contributed by atoms with E-state index in [0.29, 0.717) is 22.9 Å². The first-order chi connectivity index (χ1) is 18.9. The van der Waals surface area contributed by atoms with Gasteiger partial charge in [-0.25, -0.2) is 4.98 Å². The molecule has 4 aromatic rings. The van der Waals surface area contributed by atoms with Crippen molar-refractivity contribution in [3.63, 3.8) is 0 Å². The maximum Gasteiger partial charge on any atom is 0.254 e. The van der Waals surface area contributed by atoms with Gasteiger partial charge in [0, 0.05) is 42.5 Å². The standard InChI is InChI=1S/C29H32N8O2/c1-18-27(38)37(23-12-9-19(10-13-23)28(39)35(2)3)25-17-30-29(32-21-11-14-24-20(15-21)16-31-34-24)33-26(25)36(18)22-7-5-4-6-8-22/h9-18,22H,4-8H2,1-3H3,(H,31,34)(H,30,32,33)/t18-/m1/s1. The Morgan fingerprint density at radius 1 is 1.05 bits per heavy atom. The number of aromatic amines is 1. The zero-order chi connectivity index (χ0) is 27.1. The van der Waals surface area contributed by atoms with Crippen LogP contribution in [-0.2, 0) is 4.79 Å². The predicted octanol–water partition coefficient (Wildman–Crippen LogP) is 5.00. The van der Waals surface area contributed by atoms with Crippen LogP contribution < -0.4 is 15.1 Å². The Kier molecular flexibility index (Phi) is 6.38. The van der Waals surface area contributed by atoms with Gasteiger partial charge in [0.1, 0.15) is 11.7 Å². The van der Waals surface area contributed by atoms with Crippen molar-refractivity contribution in [2.75, 3.05) is 29.2 Å². The monoisotopic (exact) mass is 524 g/mol. The highest BCUT2D eigenvalue weighted by Gasteiger charge is 2.41. The minimum Gasteiger partial charge on any atom is -0.345 e. The molecule has 0 unspecified atom stereocenters. The van der Waals surface area contributed by atoms with Crippen LogP contribution in [0.2, 0.25) is 0 Å². The van der Waals surface area contributed by atoms with E-state index in [4.69, 9.17) is 4.98 Å². The van der Waals surface area contributed by atoms with Crippen LogP contribution in [0.15, 0.2) is 54.9 Å². The Bertz CT molecular complexity index is 1520. The summed E-state index contributed by atoms with van der Waals surface area (Å²) in [6.07, 6.45) is 9.06. The van der Waals surface area contributed by atoms with E-state index in [2.05, 4.69) is 25.4 Å². The van der Waals surface area contributed by atoms with Crippen molar-refractivity contribution >= 4 is 51.5 Å². The number of hydrogen-bond donors (Lipinski definition) is 2. The quantitative estimate of drug-likeness (QED) is 0.378. The molecule has 2 aliphatic rings. The lowest BCUT2D eigenvalue weighted by Crippen LogP contribution is -2.55. The highest BCUT2D eigenvalue weighted by Crippen LogP contribution is 2.42. The van der Waals surface area contributed by atoms with Crippen molar-refractivity contribution < 1.29 is 9.59 Å². The second-order valence-electron chi connectivity index (χ2n) is 10.5. The second kappa shape index (κ2) is 10.0. The molecule has 3 heterocycles. The topological polar surface area (TPSA) is 110 Å². The summed E-state index contributed by atoms with van der Waals surface area (Å²) in [5.74, 6) is 1.08. The van der Waals surface area contributed by atoms with Crippen molar-refractivity contribution in [2.45, 2.75) is 51.1 Å². The van der Waals surface area contributed by atoms with Gasteiger partial charge in [-0.15, -0.1) is 0 Å². The van der Waals surface area contributed by atoms with Crippen molar-refractivity contribution in [3.05, 3.63) is 60.4 Å². The minimum atomic E-state index is -0.395. The normalized spacial score (nSPS) is 17.8. The molecule has 1 saturated carbocycles. The van der Waals surface area contributed by atoms with Crippen LogP contribution in [0.1, 0.15) is 49.4 Å². The van der Waals surface area contributed by atoms with Gasteiger partial charge in [0.25, 0.3) is 11.8 Å². The maximum absolute atomic E-state index is 13.9. The molecule has 2 aromatic heterocycles. The van der Waals surface area contributed by atoms with Gasteiger partial charge in [-0.3, -0.25) is 19.6 Å². The van der Waals surface area contributed by atoms with E-state index in [1.165, 1.54) is 11.3 Å². The van der Waals surface area contributed by atoms with E-state index < -0.39 is 6.04 Å². The number of H-pyrrole nitrogens is 1. The number of amides is 2. The number of carbonyl (C=O) groups is 2. The molecule has 39 heavy (non-hydrogen) atoms. The molecule has 1 aliphatic carbocycles. The first kappa shape index (κ1) is 24.8. The zero-order valence-corrected chi connectivity index (χ0v) is 22.4. The fourth-order valence-corrected chi connectivity index (χ4v) is 5.66. The van der Waals surface area contributed by atoms with Gasteiger partial charge >= 0.3 is 0 Å². The Balaban J connectivity index is 1.40. The average molecular weight is 525 g/mol. The highest BCUT2D eigenvalue weighted by molar-refractivity contribution is 6.10. The van der Waals surface area contributed by atoms with E-state index in [1.807, 2.05) is 37.3 Å². The van der Waals surface area contributed by atoms with Crippen LogP contribution in [-0.4, -0.2) is 63.1 Å². The third-order valence-corrected chi connectivity index (χ3v) is 7.67. The SMILES string of the molecule is C[C@@H]1C(=O)N(c2ccc(C(=O)N(C)C)cc2)c2cnc(Nc3ccc4[nH]ncc4c3)nc2N1C1CCCCC1. The number of rotatable bonds is 5. The molecule has 0 saturated heterocycles. The molecule has 200 valence electrons. The van der Waals surface area contributed by atoms with Crippen LogP contribution in [0.4, 0.5) is 28.8 Å². The van der Waals surface area contributed by atoms with E-state index in [1.54, 1.807) is 43.5 Å². The molecule has 1 atom stereocenters. The van der Waals surface area contributed by atoms with Crippen molar-refractivity contribution in [1.29, 1.82) is 0 Å². The molecule has 2 N–H and O–H groups in total. The summed E-state index contributed by atoms with van der Waals surface area (Å²) in [6, 6.07) is 12.9. The molecule has 6 rings (SSSR count). The van der Waals surface area contributed by atoms with E-state index >= 15 is 0 Å². The maximum atomic E-state index is 13.9. The zero-order valence-electron chi connectivity index (χ0n) is 22.4. The smallest absolute Gasteiger partial charge is 0.254 e. The lowest BCUT2D eigenvalue weighted by Gasteiger charge is -2.45. The minimum absolute atomic E-state index is 0.0329. The summed E-state index contributed by atoms with van der Waals surface area (Å²) < 4.78 is 0. The molecule has 0 spiro atoms. The predicted molar refractivity (Wildman–Crippen MR) is 152 cm³/mol. The van der Waals surface area contributed by atoms with Gasteiger partial charge in [0.05, 0.1) is 17.9 Å². The Hall–Kier alpha value is -4.47. The molecular weight excluding hydrogens is 492 g/mol. The van der Waals surface area contributed by atoms with Gasteiger partial charge in [-0.1, -0.05) is 19.3 Å². The van der Waals surface area contributed by atoms with Crippen molar-refractivity contribution in [3.8, 4) is 0 Å². The van der Waals surface area contributed by atoms with Crippen molar-refractivity contribution in [1.82, 2.24) is 25.1 Å². The third kappa shape index (κ3) is 4.56. The molecule has 2 amide bonds. The molecule has 1 aliphatic heterocycles. The lowest BCUT2D eigenvalue weighted by molar-refractivity contribution is -0.119. The van der Waals surface area contributed by atoms with Gasteiger partial charge < -0.3 is 15.1 Å². The van der Waals surface area contributed by atoms with Crippen LogP contribution in [0.3, 0.4) is 0 Å². The van der Waals surface area contributed by atoms with Gasteiger partial charge in [0.2, 0.25) is 5.95 Å². The second-order valence-corrected chi connectivity index (χ2v) is 10.5. The summed E-state index contributed by atoms with van der Waals surface area (Å²) in [6.45, 7) is 1.96. The Morgan fingerprint density at radius 3 is 2.56 bits per heavy atom. The number of nitrogens with zero attached hydrogens (tertiary/aromatic N) is 6. The molecule has 0 bridgehead atoms. The lowest BCUT2D eigenvalue weighted by atomic mass is 9.92. The van der Waals surface area contributed by atoms with E-state index in [9.17, 15) is 9.59 Å². The number of carbonyl (C=O) groups excluding carboxylic acids is 2. The summed E-state index contributed by atoms with van der Waals surface area (Å²) in [4.78, 5) is 41.3. The van der Waals surface area contributed by atoms with E-state index in [0.717, 1.165) is 48.1 Å². The Morgan fingerprint density at radius 2 is 1.82 bits per heavy atom. The Labute approximate surface area is 227 Å². The number of fused-ring (bicyclic) bond motifs is 2. The summed E-state index contributed by atoms with van der Waals surface area (Å²) in [5, 5.41) is 11.4. The molecule has 2 aromatic carbocycles. The molecule has 10 heteroatoms. The van der Waals surface area contributed by atoms with Crippen molar-refractivity contribution in [2.24, 2.45) is 0 Å². The number of hydrogen-bond acceptors (Lipinski definition) is 7. The number of benzene rings is 2. The first-order valence-corrected chi connectivity index (χ1v) is 13.4. The molecular formula is C29H32N8O2. The largest absolute Gasteiger partial charge is 0.345 e. The number of aromatic nitrogens is 4. The summed E-state index contributed by atoms with van der Waals surface area (Å²) >= 11 is 0. The number of nitrogens with one attached hydrogen (secondary N) is 2. The molecule has 0 radical (unpaired) electrons. The highest BCUT2D eigenvalue weighted by atomic mass is 16.2. The molecule has 10 nitrogen and oxygen atoms in total. The number of anilines is 5. The van der Waals surface area contributed by atoms with Gasteiger partial charge in [-0.2, -0.15) is 10.1 Å². The fraction of sp³-hybridized carbons (Fsp3) is 0.345. The van der Waals surface area contributed by atoms with Crippen LogP contribution in [0.5, 0.6) is 0 Å².